The highest BCUT2D eigenvalue weighted by molar-refractivity contribution is 7.84. The number of aromatic nitrogens is 4. The van der Waals surface area contributed by atoms with Crippen molar-refractivity contribution in [1.29, 1.82) is 0 Å². The number of hydrogen-bond donors (Lipinski definition) is 1. The predicted molar refractivity (Wildman–Crippen MR) is 164 cm³/mol. The lowest BCUT2D eigenvalue weighted by atomic mass is 10.1. The van der Waals surface area contributed by atoms with Crippen LogP contribution in [0.4, 0.5) is 14.6 Å². The predicted octanol–water partition coefficient (Wildman–Crippen LogP) is 3.99. The average Bonchev–Trinajstić information content (AvgIpc) is 2.96. The lowest BCUT2D eigenvalue weighted by molar-refractivity contribution is -0.126. The van der Waals surface area contributed by atoms with Gasteiger partial charge in [0.2, 0.25) is 5.91 Å². The van der Waals surface area contributed by atoms with E-state index in [0.29, 0.717) is 30.1 Å². The van der Waals surface area contributed by atoms with E-state index >= 15 is 8.78 Å². The summed E-state index contributed by atoms with van der Waals surface area (Å²) < 4.78 is 45.0. The summed E-state index contributed by atoms with van der Waals surface area (Å²) in [6.07, 6.45) is 4.62. The standard InChI is InChI=1S/C31H32F2N6O4S/c1-6-25(41)37-12-13-38(18(4)16-37)29-19-15-21(33)27(26-20(32)8-7-9-23(26)40)35-30(19)39(31(42)36-29)28-22(14-17(2)3)34-11-10-24(28)44(5)43/h6-11,15,17-18,40H,1,12-14,16H2,2-5H3/t18-,44?/m0/s1. The molecule has 1 unspecified atom stereocenters. The third-order valence-electron chi connectivity index (χ3n) is 7.51. The molecule has 1 fully saturated rings. The summed E-state index contributed by atoms with van der Waals surface area (Å²) >= 11 is 0. The second-order valence-electron chi connectivity index (χ2n) is 11.1. The van der Waals surface area contributed by atoms with Gasteiger partial charge in [-0.05, 0) is 49.6 Å². The van der Waals surface area contributed by atoms with Crippen LogP contribution in [0.1, 0.15) is 26.5 Å². The molecule has 1 amide bonds. The molecule has 1 aliphatic rings. The number of hydrogen-bond acceptors (Lipinski definition) is 8. The van der Waals surface area contributed by atoms with Gasteiger partial charge in [0.1, 0.15) is 23.1 Å². The van der Waals surface area contributed by atoms with Crippen LogP contribution in [0.25, 0.3) is 28.0 Å². The molecule has 4 heterocycles. The Balaban J connectivity index is 1.86. The van der Waals surface area contributed by atoms with Gasteiger partial charge in [0, 0.05) is 38.1 Å². The number of anilines is 1. The Morgan fingerprint density at radius 3 is 2.59 bits per heavy atom. The molecule has 4 aromatic rings. The van der Waals surface area contributed by atoms with Gasteiger partial charge in [-0.15, -0.1) is 0 Å². The molecule has 1 saturated heterocycles. The molecule has 1 aromatic carbocycles. The van der Waals surface area contributed by atoms with Crippen molar-refractivity contribution in [2.45, 2.75) is 38.1 Å². The molecule has 0 saturated carbocycles. The summed E-state index contributed by atoms with van der Waals surface area (Å²) in [5.74, 6) is -2.40. The molecule has 5 rings (SSSR count). The molecule has 2 atom stereocenters. The largest absolute Gasteiger partial charge is 0.507 e. The van der Waals surface area contributed by atoms with Crippen LogP contribution in [0, 0.1) is 17.6 Å². The van der Waals surface area contributed by atoms with E-state index < -0.39 is 45.1 Å². The van der Waals surface area contributed by atoms with Gasteiger partial charge in [-0.1, -0.05) is 26.5 Å². The van der Waals surface area contributed by atoms with Crippen LogP contribution in [0.15, 0.2) is 58.9 Å². The Morgan fingerprint density at radius 2 is 1.95 bits per heavy atom. The number of carbonyl (C=O) groups is 1. The summed E-state index contributed by atoms with van der Waals surface area (Å²) in [6.45, 7) is 10.2. The number of aromatic hydroxyl groups is 1. The summed E-state index contributed by atoms with van der Waals surface area (Å²) in [5.41, 5.74) is -1.20. The molecular weight excluding hydrogens is 590 g/mol. The maximum Gasteiger partial charge on any atom is 0.355 e. The van der Waals surface area contributed by atoms with Gasteiger partial charge < -0.3 is 14.9 Å². The first-order valence-corrected chi connectivity index (χ1v) is 15.6. The van der Waals surface area contributed by atoms with Gasteiger partial charge in [0.05, 0.1) is 38.0 Å². The smallest absolute Gasteiger partial charge is 0.355 e. The summed E-state index contributed by atoms with van der Waals surface area (Å²) in [6, 6.07) is 5.87. The van der Waals surface area contributed by atoms with Gasteiger partial charge in [-0.2, -0.15) is 4.98 Å². The normalized spacial score (nSPS) is 16.0. The van der Waals surface area contributed by atoms with Gasteiger partial charge in [0.15, 0.2) is 11.5 Å². The van der Waals surface area contributed by atoms with Crippen molar-refractivity contribution in [2.75, 3.05) is 30.8 Å². The first-order valence-electron chi connectivity index (χ1n) is 14.0. The van der Waals surface area contributed by atoms with E-state index in [1.54, 1.807) is 9.80 Å². The molecule has 0 bridgehead atoms. The molecule has 0 radical (unpaired) electrons. The number of benzene rings is 1. The van der Waals surface area contributed by atoms with Crippen LogP contribution < -0.4 is 10.6 Å². The SMILES string of the molecule is C=CC(=O)N1CCN(c2nc(=O)n(-c3c(S(C)=O)ccnc3CC(C)C)c3nc(-c4c(O)cccc4F)c(F)cc23)[C@@H](C)C1. The van der Waals surface area contributed by atoms with Crippen molar-refractivity contribution in [2.24, 2.45) is 5.92 Å². The van der Waals surface area contributed by atoms with Gasteiger partial charge in [-0.3, -0.25) is 14.0 Å². The van der Waals surface area contributed by atoms with Gasteiger partial charge in [-0.25, -0.2) is 23.1 Å². The quantitative estimate of drug-likeness (QED) is 0.307. The lowest BCUT2D eigenvalue weighted by Crippen LogP contribution is -2.54. The maximum atomic E-state index is 15.9. The fourth-order valence-corrected chi connectivity index (χ4v) is 6.27. The first-order chi connectivity index (χ1) is 20.9. The average molecular weight is 623 g/mol. The highest BCUT2D eigenvalue weighted by atomic mass is 32.2. The Kier molecular flexibility index (Phi) is 8.60. The van der Waals surface area contributed by atoms with Crippen molar-refractivity contribution in [3.8, 4) is 22.7 Å². The van der Waals surface area contributed by atoms with Crippen molar-refractivity contribution in [1.82, 2.24) is 24.4 Å². The van der Waals surface area contributed by atoms with Crippen LogP contribution in [0.2, 0.25) is 0 Å². The summed E-state index contributed by atoms with van der Waals surface area (Å²) in [4.78, 5) is 43.4. The zero-order valence-electron chi connectivity index (χ0n) is 24.8. The zero-order valence-corrected chi connectivity index (χ0v) is 25.6. The van der Waals surface area contributed by atoms with E-state index in [2.05, 4.69) is 21.5 Å². The molecule has 0 spiro atoms. The first kappa shape index (κ1) is 30.9. The van der Waals surface area contributed by atoms with Crippen LogP contribution in [-0.4, -0.2) is 71.6 Å². The number of phenols is 1. The maximum absolute atomic E-state index is 15.9. The van der Waals surface area contributed by atoms with Crippen LogP contribution in [0.3, 0.4) is 0 Å². The number of phenolic OH excluding ortho intramolecular Hbond substituents is 1. The van der Waals surface area contributed by atoms with Crippen molar-refractivity contribution in [3.63, 3.8) is 0 Å². The number of fused-ring (bicyclic) bond motifs is 1. The molecule has 0 aliphatic carbocycles. The fraction of sp³-hybridized carbons (Fsp3) is 0.323. The molecule has 3 aromatic heterocycles. The molecule has 10 nitrogen and oxygen atoms in total. The van der Waals surface area contributed by atoms with Crippen molar-refractivity contribution in [3.05, 3.63) is 77.0 Å². The third kappa shape index (κ3) is 5.59. The summed E-state index contributed by atoms with van der Waals surface area (Å²) in [5, 5.41) is 10.6. The Labute approximate surface area is 255 Å². The lowest BCUT2D eigenvalue weighted by Gasteiger charge is -2.40. The number of nitrogens with zero attached hydrogens (tertiary/aromatic N) is 6. The number of halogens is 2. The van der Waals surface area contributed by atoms with E-state index in [4.69, 9.17) is 0 Å². The molecule has 44 heavy (non-hydrogen) atoms. The van der Waals surface area contributed by atoms with Gasteiger partial charge >= 0.3 is 5.69 Å². The van der Waals surface area contributed by atoms with E-state index in [1.807, 2.05) is 20.8 Å². The van der Waals surface area contributed by atoms with Crippen molar-refractivity contribution >= 4 is 33.6 Å². The van der Waals surface area contributed by atoms with Gasteiger partial charge in [0.25, 0.3) is 0 Å². The van der Waals surface area contributed by atoms with E-state index in [1.165, 1.54) is 36.7 Å². The van der Waals surface area contributed by atoms with E-state index in [9.17, 15) is 18.9 Å². The van der Waals surface area contributed by atoms with Crippen LogP contribution in [-0.2, 0) is 22.0 Å². The monoisotopic (exact) mass is 622 g/mol. The highest BCUT2D eigenvalue weighted by Crippen LogP contribution is 2.36. The second kappa shape index (κ2) is 12.2. The van der Waals surface area contributed by atoms with Crippen molar-refractivity contribution < 1.29 is 22.9 Å². The number of carbonyl (C=O) groups excluding carboxylic acids is 1. The Bertz CT molecular complexity index is 1860. The second-order valence-corrected chi connectivity index (χ2v) is 12.4. The van der Waals surface area contributed by atoms with E-state index in [-0.39, 0.29) is 47.0 Å². The molecule has 13 heteroatoms. The molecular formula is C31H32F2N6O4S. The highest BCUT2D eigenvalue weighted by Gasteiger charge is 2.31. The number of rotatable bonds is 7. The number of amides is 1. The number of piperazine rings is 1. The topological polar surface area (TPSA) is 122 Å². The minimum Gasteiger partial charge on any atom is -0.507 e. The van der Waals surface area contributed by atoms with Crippen LogP contribution >= 0.6 is 0 Å². The Morgan fingerprint density at radius 1 is 1.20 bits per heavy atom. The minimum atomic E-state index is -1.58. The minimum absolute atomic E-state index is 0.0828. The molecule has 1 N–H and O–H groups in total. The fourth-order valence-electron chi connectivity index (χ4n) is 5.53. The molecule has 1 aliphatic heterocycles. The summed E-state index contributed by atoms with van der Waals surface area (Å²) in [7, 11) is -1.58. The third-order valence-corrected chi connectivity index (χ3v) is 8.46. The van der Waals surface area contributed by atoms with Crippen LogP contribution in [0.5, 0.6) is 5.75 Å². The number of pyridine rings is 2. The zero-order chi connectivity index (χ0) is 31.9. The Hall–Kier alpha value is -4.52. The van der Waals surface area contributed by atoms with E-state index in [0.717, 1.165) is 16.7 Å². The molecule has 230 valence electrons.